The third-order valence-corrected chi connectivity index (χ3v) is 5.03. The highest BCUT2D eigenvalue weighted by molar-refractivity contribution is 5.94. The highest BCUT2D eigenvalue weighted by Crippen LogP contribution is 2.31. The summed E-state index contributed by atoms with van der Waals surface area (Å²) in [5, 5.41) is 6.07. The fraction of sp³-hybridized carbons (Fsp3) is 0.450. The summed E-state index contributed by atoms with van der Waals surface area (Å²) >= 11 is 0. The molecular formula is C20H23F4N5O. The molecule has 1 saturated carbocycles. The van der Waals surface area contributed by atoms with Crippen LogP contribution >= 0.6 is 0 Å². The molecule has 0 atom stereocenters. The molecule has 1 aromatic heterocycles. The number of carbonyl (C=O) groups is 1. The first-order valence-corrected chi connectivity index (χ1v) is 9.58. The molecule has 1 amide bonds. The van der Waals surface area contributed by atoms with Crippen LogP contribution in [0.1, 0.15) is 41.6 Å². The molecule has 2 N–H and O–H groups in total. The molecule has 10 heteroatoms. The lowest BCUT2D eigenvalue weighted by molar-refractivity contribution is -0.140. The predicted octanol–water partition coefficient (Wildman–Crippen LogP) is 3.85. The van der Waals surface area contributed by atoms with Gasteiger partial charge in [-0.25, -0.2) is 9.37 Å². The summed E-state index contributed by atoms with van der Waals surface area (Å²) in [6.45, 7) is 0. The number of nitrogens with zero attached hydrogens (tertiary/aromatic N) is 3. The average molecular weight is 425 g/mol. The van der Waals surface area contributed by atoms with Crippen molar-refractivity contribution in [3.63, 3.8) is 0 Å². The zero-order valence-corrected chi connectivity index (χ0v) is 16.6. The summed E-state index contributed by atoms with van der Waals surface area (Å²) < 4.78 is 51.7. The van der Waals surface area contributed by atoms with Gasteiger partial charge in [0.25, 0.3) is 5.91 Å². The maximum atomic E-state index is 13.7. The lowest BCUT2D eigenvalue weighted by Gasteiger charge is -2.29. The Bertz CT molecular complexity index is 895. The van der Waals surface area contributed by atoms with E-state index in [-0.39, 0.29) is 17.6 Å². The van der Waals surface area contributed by atoms with Crippen molar-refractivity contribution < 1.29 is 22.4 Å². The number of hydrogen-bond acceptors (Lipinski definition) is 5. The zero-order chi connectivity index (χ0) is 21.9. The van der Waals surface area contributed by atoms with Gasteiger partial charge in [0.15, 0.2) is 0 Å². The summed E-state index contributed by atoms with van der Waals surface area (Å²) in [6, 6.07) is 4.03. The Morgan fingerprint density at radius 3 is 2.37 bits per heavy atom. The van der Waals surface area contributed by atoms with Gasteiger partial charge in [-0.05, 0) is 49.9 Å². The molecule has 0 radical (unpaired) electrons. The number of alkyl halides is 3. The fourth-order valence-electron chi connectivity index (χ4n) is 3.39. The number of nitrogens with one attached hydrogen (secondary N) is 2. The van der Waals surface area contributed by atoms with Crippen molar-refractivity contribution in [3.05, 3.63) is 47.4 Å². The second kappa shape index (κ2) is 8.85. The molecule has 0 bridgehead atoms. The van der Waals surface area contributed by atoms with Crippen LogP contribution in [0.3, 0.4) is 0 Å². The molecule has 30 heavy (non-hydrogen) atoms. The number of benzene rings is 1. The Kier molecular flexibility index (Phi) is 6.42. The molecule has 1 aliphatic rings. The molecule has 1 aromatic carbocycles. The van der Waals surface area contributed by atoms with Gasteiger partial charge in [-0.3, -0.25) is 4.79 Å². The van der Waals surface area contributed by atoms with Crippen molar-refractivity contribution in [2.45, 2.75) is 43.9 Å². The second-order valence-electron chi connectivity index (χ2n) is 7.49. The van der Waals surface area contributed by atoms with Crippen LogP contribution in [0.4, 0.5) is 29.3 Å². The highest BCUT2D eigenvalue weighted by Gasteiger charge is 2.34. The molecule has 2 aromatic rings. The van der Waals surface area contributed by atoms with E-state index in [9.17, 15) is 22.4 Å². The van der Waals surface area contributed by atoms with Crippen LogP contribution in [0.25, 0.3) is 0 Å². The zero-order valence-electron chi connectivity index (χ0n) is 16.6. The lowest BCUT2D eigenvalue weighted by Crippen LogP contribution is -2.40. The van der Waals surface area contributed by atoms with Crippen molar-refractivity contribution in [1.29, 1.82) is 0 Å². The number of aromatic nitrogens is 2. The smallest absolute Gasteiger partial charge is 0.363 e. The van der Waals surface area contributed by atoms with Gasteiger partial charge in [-0.15, -0.1) is 0 Å². The van der Waals surface area contributed by atoms with E-state index in [2.05, 4.69) is 20.6 Å². The first-order valence-electron chi connectivity index (χ1n) is 9.58. The largest absolute Gasteiger partial charge is 0.419 e. The molecule has 6 nitrogen and oxygen atoms in total. The normalized spacial score (nSPS) is 19.3. The number of carbonyl (C=O) groups excluding carboxylic acids is 1. The van der Waals surface area contributed by atoms with E-state index in [4.69, 9.17) is 0 Å². The summed E-state index contributed by atoms with van der Waals surface area (Å²) in [6.07, 6.45) is -0.219. The minimum absolute atomic E-state index is 0.130. The monoisotopic (exact) mass is 425 g/mol. The Balaban J connectivity index is 1.53. The van der Waals surface area contributed by atoms with Crippen LogP contribution in [0.2, 0.25) is 0 Å². The van der Waals surface area contributed by atoms with E-state index in [1.807, 2.05) is 25.1 Å². The van der Waals surface area contributed by atoms with Gasteiger partial charge >= 0.3 is 6.18 Å². The van der Waals surface area contributed by atoms with Gasteiger partial charge in [0.05, 0.1) is 5.56 Å². The van der Waals surface area contributed by atoms with E-state index in [1.54, 1.807) is 6.20 Å². The second-order valence-corrected chi connectivity index (χ2v) is 7.49. The highest BCUT2D eigenvalue weighted by atomic mass is 19.4. The van der Waals surface area contributed by atoms with E-state index in [1.165, 1.54) is 0 Å². The molecule has 0 unspecified atom stereocenters. The SMILES string of the molecule is CN(C)c1ccnc(NC2CCC(NC(=O)c3ccc(C(F)(F)F)c(F)c3)CC2)n1. The van der Waals surface area contributed by atoms with Crippen LogP contribution in [-0.2, 0) is 6.18 Å². The summed E-state index contributed by atoms with van der Waals surface area (Å²) in [7, 11) is 3.78. The minimum Gasteiger partial charge on any atom is -0.363 e. The van der Waals surface area contributed by atoms with Gasteiger partial charge < -0.3 is 15.5 Å². The summed E-state index contributed by atoms with van der Waals surface area (Å²) in [5.74, 6) is -0.713. The molecule has 162 valence electrons. The molecule has 1 aliphatic carbocycles. The predicted molar refractivity (Wildman–Crippen MR) is 105 cm³/mol. The topological polar surface area (TPSA) is 70.2 Å². The lowest BCUT2D eigenvalue weighted by atomic mass is 9.91. The van der Waals surface area contributed by atoms with E-state index in [0.717, 1.165) is 24.7 Å². The van der Waals surface area contributed by atoms with Crippen molar-refractivity contribution in [2.75, 3.05) is 24.3 Å². The Morgan fingerprint density at radius 2 is 1.77 bits per heavy atom. The third-order valence-electron chi connectivity index (χ3n) is 5.03. The van der Waals surface area contributed by atoms with Crippen molar-refractivity contribution in [2.24, 2.45) is 0 Å². The Labute approximate surface area is 171 Å². The molecule has 0 aliphatic heterocycles. The number of hydrogen-bond donors (Lipinski definition) is 2. The van der Waals surface area contributed by atoms with Gasteiger partial charge in [-0.1, -0.05) is 0 Å². The van der Waals surface area contributed by atoms with Crippen molar-refractivity contribution in [3.8, 4) is 0 Å². The van der Waals surface area contributed by atoms with Crippen molar-refractivity contribution >= 4 is 17.7 Å². The molecule has 0 spiro atoms. The van der Waals surface area contributed by atoms with Crippen LogP contribution in [-0.4, -0.2) is 42.1 Å². The molecule has 1 heterocycles. The average Bonchev–Trinajstić information content (AvgIpc) is 2.68. The summed E-state index contributed by atoms with van der Waals surface area (Å²) in [5.41, 5.74) is -1.51. The summed E-state index contributed by atoms with van der Waals surface area (Å²) in [4.78, 5) is 22.8. The Morgan fingerprint density at radius 1 is 1.10 bits per heavy atom. The molecular weight excluding hydrogens is 402 g/mol. The molecule has 0 saturated heterocycles. The van der Waals surface area contributed by atoms with Gasteiger partial charge in [0, 0.05) is 37.9 Å². The van der Waals surface area contributed by atoms with E-state index >= 15 is 0 Å². The fourth-order valence-corrected chi connectivity index (χ4v) is 3.39. The number of anilines is 2. The minimum atomic E-state index is -4.79. The molecule has 1 fully saturated rings. The number of halogens is 4. The van der Waals surface area contributed by atoms with Crippen LogP contribution in [0, 0.1) is 5.82 Å². The Hall–Kier alpha value is -2.91. The van der Waals surface area contributed by atoms with Crippen LogP contribution in [0.15, 0.2) is 30.5 Å². The van der Waals surface area contributed by atoms with Gasteiger partial charge in [0.2, 0.25) is 5.95 Å². The maximum absolute atomic E-state index is 13.7. The first-order chi connectivity index (χ1) is 14.1. The number of amides is 1. The quantitative estimate of drug-likeness (QED) is 0.712. The van der Waals surface area contributed by atoms with Crippen LogP contribution in [0.5, 0.6) is 0 Å². The van der Waals surface area contributed by atoms with Crippen molar-refractivity contribution in [1.82, 2.24) is 15.3 Å². The maximum Gasteiger partial charge on any atom is 0.419 e. The van der Waals surface area contributed by atoms with E-state index in [0.29, 0.717) is 30.9 Å². The standard InChI is InChI=1S/C20H23F4N5O/c1-29(2)17-9-10-25-19(28-17)27-14-6-4-13(5-7-14)26-18(30)12-3-8-15(16(21)11-12)20(22,23)24/h3,8-11,13-14H,4-7H2,1-2H3,(H,26,30)(H,25,27,28). The van der Waals surface area contributed by atoms with Gasteiger partial charge in [-0.2, -0.15) is 18.2 Å². The van der Waals surface area contributed by atoms with Crippen LogP contribution < -0.4 is 15.5 Å². The number of rotatable bonds is 5. The van der Waals surface area contributed by atoms with E-state index < -0.39 is 23.5 Å². The third kappa shape index (κ3) is 5.37. The first kappa shape index (κ1) is 21.8. The molecule has 3 rings (SSSR count). The van der Waals surface area contributed by atoms with Gasteiger partial charge in [0.1, 0.15) is 11.6 Å².